The first-order valence-corrected chi connectivity index (χ1v) is 8.08. The van der Waals surface area contributed by atoms with Crippen LogP contribution in [-0.2, 0) is 0 Å². The van der Waals surface area contributed by atoms with Crippen LogP contribution in [0, 0.1) is 13.8 Å². The van der Waals surface area contributed by atoms with Crippen LogP contribution in [0.3, 0.4) is 0 Å². The minimum Gasteiger partial charge on any atom is -0.368 e. The second kappa shape index (κ2) is 6.02. The van der Waals surface area contributed by atoms with Gasteiger partial charge in [0.05, 0.1) is 5.39 Å². The van der Waals surface area contributed by atoms with Crippen molar-refractivity contribution in [3.8, 4) is 5.13 Å². The highest BCUT2D eigenvalue weighted by atomic mass is 32.1. The highest BCUT2D eigenvalue weighted by molar-refractivity contribution is 7.12. The fourth-order valence-electron chi connectivity index (χ4n) is 2.49. The van der Waals surface area contributed by atoms with Crippen LogP contribution in [0.2, 0.25) is 0 Å². The van der Waals surface area contributed by atoms with E-state index in [2.05, 4.69) is 57.7 Å². The monoisotopic (exact) mass is 316 g/mol. The van der Waals surface area contributed by atoms with E-state index >= 15 is 0 Å². The highest BCUT2D eigenvalue weighted by Crippen LogP contribution is 2.31. The van der Waals surface area contributed by atoms with Crippen molar-refractivity contribution in [1.29, 1.82) is 0 Å². The van der Waals surface area contributed by atoms with E-state index in [0.717, 1.165) is 40.8 Å². The topological polar surface area (TPSA) is 58.9 Å². The van der Waals surface area contributed by atoms with Gasteiger partial charge in [0.2, 0.25) is 0 Å². The molecule has 0 atom stereocenters. The van der Waals surface area contributed by atoms with Crippen LogP contribution in [-0.4, -0.2) is 51.6 Å². The molecule has 0 saturated carbocycles. The Morgan fingerprint density at radius 1 is 1.23 bits per heavy atom. The Hall–Kier alpha value is -1.99. The molecule has 3 aromatic heterocycles. The highest BCUT2D eigenvalue weighted by Gasteiger charge is 2.18. The number of nitrogens with one attached hydrogen (secondary N) is 1. The van der Waals surface area contributed by atoms with Crippen molar-refractivity contribution in [2.75, 3.05) is 32.5 Å². The Bertz CT molecular complexity index is 775. The van der Waals surface area contributed by atoms with E-state index in [9.17, 15) is 0 Å². The summed E-state index contributed by atoms with van der Waals surface area (Å²) in [6.45, 7) is 6.01. The molecule has 0 fully saturated rings. The van der Waals surface area contributed by atoms with Crippen LogP contribution in [0.4, 0.5) is 5.82 Å². The maximum Gasteiger partial charge on any atom is 0.195 e. The van der Waals surface area contributed by atoms with Gasteiger partial charge in [-0.05, 0) is 33.5 Å². The minimum atomic E-state index is 0.847. The van der Waals surface area contributed by atoms with Gasteiger partial charge in [0.15, 0.2) is 10.8 Å². The molecule has 0 aliphatic carbocycles. The molecule has 0 spiro atoms. The van der Waals surface area contributed by atoms with Crippen molar-refractivity contribution in [3.05, 3.63) is 29.2 Å². The van der Waals surface area contributed by atoms with Crippen molar-refractivity contribution in [2.24, 2.45) is 0 Å². The molecule has 6 nitrogen and oxygen atoms in total. The Kier molecular flexibility index (Phi) is 4.08. The Morgan fingerprint density at radius 3 is 2.73 bits per heavy atom. The van der Waals surface area contributed by atoms with Gasteiger partial charge in [-0.3, -0.25) is 4.57 Å². The second-order valence-corrected chi connectivity index (χ2v) is 6.38. The fourth-order valence-corrected chi connectivity index (χ4v) is 3.18. The first-order chi connectivity index (χ1) is 10.6. The third kappa shape index (κ3) is 2.57. The molecule has 3 rings (SSSR count). The van der Waals surface area contributed by atoms with E-state index in [1.165, 1.54) is 5.56 Å². The molecule has 3 heterocycles. The summed E-state index contributed by atoms with van der Waals surface area (Å²) < 4.78 is 2.11. The molecular formula is C15H20N6S. The lowest BCUT2D eigenvalue weighted by Crippen LogP contribution is -2.21. The molecule has 0 radical (unpaired) electrons. The Labute approximate surface area is 133 Å². The predicted octanol–water partition coefficient (Wildman–Crippen LogP) is 2.47. The number of aryl methyl sites for hydroxylation is 1. The van der Waals surface area contributed by atoms with Crippen LogP contribution >= 0.6 is 11.3 Å². The number of hydrogen-bond donors (Lipinski definition) is 1. The summed E-state index contributed by atoms with van der Waals surface area (Å²) in [5.41, 5.74) is 3.26. The number of nitrogens with zero attached hydrogens (tertiary/aromatic N) is 5. The van der Waals surface area contributed by atoms with Crippen molar-refractivity contribution in [2.45, 2.75) is 13.8 Å². The van der Waals surface area contributed by atoms with Crippen molar-refractivity contribution >= 4 is 28.2 Å². The summed E-state index contributed by atoms with van der Waals surface area (Å²) in [5, 5.41) is 7.42. The first-order valence-electron chi connectivity index (χ1n) is 7.20. The standard InChI is InChI=1S/C15H20N6S/c1-10-11(2)21(15-17-6-8-22-15)14-12(10)13(18-9-19-14)16-5-7-20(3)4/h6,8-9H,5,7H2,1-4H3,(H,16,18,19). The average Bonchev–Trinajstić information content (AvgIpc) is 3.07. The first kappa shape index (κ1) is 14.9. The maximum absolute atomic E-state index is 4.49. The van der Waals surface area contributed by atoms with E-state index in [0.29, 0.717) is 0 Å². The molecule has 1 N–H and O–H groups in total. The predicted molar refractivity (Wildman–Crippen MR) is 91.1 cm³/mol. The molecule has 0 bridgehead atoms. The number of anilines is 1. The molecule has 0 aliphatic rings. The summed E-state index contributed by atoms with van der Waals surface area (Å²) in [5.74, 6) is 0.891. The smallest absolute Gasteiger partial charge is 0.195 e. The fraction of sp³-hybridized carbons (Fsp3) is 0.400. The lowest BCUT2D eigenvalue weighted by molar-refractivity contribution is 0.425. The van der Waals surface area contributed by atoms with Crippen LogP contribution in [0.15, 0.2) is 17.9 Å². The summed E-state index contributed by atoms with van der Waals surface area (Å²) in [4.78, 5) is 15.5. The number of thiazole rings is 1. The Balaban J connectivity index is 2.08. The van der Waals surface area contributed by atoms with Crippen molar-refractivity contribution in [1.82, 2.24) is 24.4 Å². The zero-order chi connectivity index (χ0) is 15.7. The largest absolute Gasteiger partial charge is 0.368 e. The van der Waals surface area contributed by atoms with Gasteiger partial charge < -0.3 is 10.2 Å². The van der Waals surface area contributed by atoms with Crippen molar-refractivity contribution in [3.63, 3.8) is 0 Å². The van der Waals surface area contributed by atoms with Crippen molar-refractivity contribution < 1.29 is 0 Å². The zero-order valence-electron chi connectivity index (χ0n) is 13.3. The number of hydrogen-bond acceptors (Lipinski definition) is 6. The third-order valence-electron chi connectivity index (χ3n) is 3.75. The minimum absolute atomic E-state index is 0.847. The van der Waals surface area contributed by atoms with E-state index in [1.807, 2.05) is 11.6 Å². The van der Waals surface area contributed by atoms with Crippen LogP contribution < -0.4 is 5.32 Å². The van der Waals surface area contributed by atoms with Gasteiger partial charge in [-0.1, -0.05) is 0 Å². The van der Waals surface area contributed by atoms with Gasteiger partial charge in [-0.2, -0.15) is 0 Å². The molecule has 116 valence electrons. The Morgan fingerprint density at radius 2 is 2.05 bits per heavy atom. The molecule has 0 aliphatic heterocycles. The summed E-state index contributed by atoms with van der Waals surface area (Å²) in [6, 6.07) is 0. The van der Waals surface area contributed by atoms with E-state index < -0.39 is 0 Å². The zero-order valence-corrected chi connectivity index (χ0v) is 14.1. The van der Waals surface area contributed by atoms with Gasteiger partial charge in [-0.25, -0.2) is 15.0 Å². The van der Waals surface area contributed by atoms with Gasteiger partial charge in [0, 0.05) is 30.4 Å². The van der Waals surface area contributed by atoms with Gasteiger partial charge >= 0.3 is 0 Å². The number of rotatable bonds is 5. The normalized spacial score (nSPS) is 11.5. The van der Waals surface area contributed by atoms with E-state index in [4.69, 9.17) is 0 Å². The summed E-state index contributed by atoms with van der Waals surface area (Å²) in [7, 11) is 4.12. The molecule has 0 saturated heterocycles. The number of fused-ring (bicyclic) bond motifs is 1. The molecule has 22 heavy (non-hydrogen) atoms. The van der Waals surface area contributed by atoms with Gasteiger partial charge in [0.1, 0.15) is 12.1 Å². The number of likely N-dealkylation sites (N-methyl/N-ethyl adjacent to an activating group) is 1. The molecule has 0 amide bonds. The van der Waals surface area contributed by atoms with E-state index in [1.54, 1.807) is 17.7 Å². The number of aromatic nitrogens is 4. The quantitative estimate of drug-likeness (QED) is 0.783. The van der Waals surface area contributed by atoms with Gasteiger partial charge in [-0.15, -0.1) is 11.3 Å². The second-order valence-electron chi connectivity index (χ2n) is 5.51. The molecule has 3 aromatic rings. The third-order valence-corrected chi connectivity index (χ3v) is 4.51. The molecule has 0 unspecified atom stereocenters. The SMILES string of the molecule is Cc1c(C)n(-c2nccs2)c2ncnc(NCCN(C)C)c12. The van der Waals surface area contributed by atoms with Crippen LogP contribution in [0.1, 0.15) is 11.3 Å². The van der Waals surface area contributed by atoms with E-state index in [-0.39, 0.29) is 0 Å². The molecular weight excluding hydrogens is 296 g/mol. The van der Waals surface area contributed by atoms with Crippen LogP contribution in [0.25, 0.3) is 16.2 Å². The summed E-state index contributed by atoms with van der Waals surface area (Å²) in [6.07, 6.45) is 3.43. The lowest BCUT2D eigenvalue weighted by atomic mass is 10.2. The van der Waals surface area contributed by atoms with Gasteiger partial charge in [0.25, 0.3) is 0 Å². The average molecular weight is 316 g/mol. The maximum atomic E-state index is 4.49. The lowest BCUT2D eigenvalue weighted by Gasteiger charge is -2.11. The molecule has 7 heteroatoms. The van der Waals surface area contributed by atoms with Crippen LogP contribution in [0.5, 0.6) is 0 Å². The summed E-state index contributed by atoms with van der Waals surface area (Å²) >= 11 is 1.61. The molecule has 0 aromatic carbocycles.